The summed E-state index contributed by atoms with van der Waals surface area (Å²) in [7, 11) is 0. The van der Waals surface area contributed by atoms with Gasteiger partial charge < -0.3 is 0 Å². The lowest BCUT2D eigenvalue weighted by atomic mass is 9.58. The molecule has 0 amide bonds. The molecule has 2 aromatic rings. The van der Waals surface area contributed by atoms with Crippen LogP contribution in [0.3, 0.4) is 0 Å². The van der Waals surface area contributed by atoms with Crippen LogP contribution in [0.4, 0.5) is 13.2 Å². The van der Waals surface area contributed by atoms with E-state index in [-0.39, 0.29) is 17.7 Å². The number of benzene rings is 2. The van der Waals surface area contributed by atoms with Crippen molar-refractivity contribution in [2.24, 2.45) is 11.8 Å². The Hall–Kier alpha value is -2.03. The second-order valence-corrected chi connectivity index (χ2v) is 8.30. The van der Waals surface area contributed by atoms with Gasteiger partial charge in [0.1, 0.15) is 17.5 Å². The fourth-order valence-corrected chi connectivity index (χ4v) is 5.46. The molecule has 0 aromatic heterocycles. The number of allylic oxidation sites excluding steroid dienone is 2. The van der Waals surface area contributed by atoms with E-state index in [4.69, 9.17) is 0 Å². The molecule has 0 saturated heterocycles. The second kappa shape index (κ2) is 8.14. The van der Waals surface area contributed by atoms with Crippen LogP contribution in [0, 0.1) is 29.3 Å². The lowest BCUT2D eigenvalue weighted by molar-refractivity contribution is 0.193. The van der Waals surface area contributed by atoms with Crippen molar-refractivity contribution in [1.82, 2.24) is 0 Å². The molecule has 2 aliphatic rings. The smallest absolute Gasteiger partial charge is 0.129 e. The lowest BCUT2D eigenvalue weighted by Gasteiger charge is -2.46. The largest absolute Gasteiger partial charge is 0.207 e. The third-order valence-corrected chi connectivity index (χ3v) is 6.67. The summed E-state index contributed by atoms with van der Waals surface area (Å²) in [6.07, 6.45) is 10.2. The molecule has 0 N–H and O–H groups in total. The molecule has 0 spiro atoms. The van der Waals surface area contributed by atoms with Crippen LogP contribution in [-0.2, 0) is 6.42 Å². The van der Waals surface area contributed by atoms with Crippen molar-refractivity contribution in [3.05, 3.63) is 82.7 Å². The molecule has 0 heterocycles. The van der Waals surface area contributed by atoms with Crippen molar-refractivity contribution >= 4 is 0 Å². The van der Waals surface area contributed by atoms with Crippen LogP contribution in [0.2, 0.25) is 0 Å². The van der Waals surface area contributed by atoms with Crippen molar-refractivity contribution in [3.8, 4) is 0 Å². The Kier molecular flexibility index (Phi) is 5.61. The van der Waals surface area contributed by atoms with Gasteiger partial charge >= 0.3 is 0 Å². The zero-order valence-electron chi connectivity index (χ0n) is 16.3. The highest BCUT2D eigenvalue weighted by Crippen LogP contribution is 2.54. The molecule has 4 unspecified atom stereocenters. The van der Waals surface area contributed by atoms with Crippen LogP contribution in [0.15, 0.2) is 48.6 Å². The third kappa shape index (κ3) is 3.64. The van der Waals surface area contributed by atoms with Crippen molar-refractivity contribution in [2.45, 2.75) is 57.3 Å². The van der Waals surface area contributed by atoms with Gasteiger partial charge in [-0.1, -0.05) is 37.6 Å². The predicted molar refractivity (Wildman–Crippen MR) is 107 cm³/mol. The van der Waals surface area contributed by atoms with E-state index >= 15 is 0 Å². The Morgan fingerprint density at radius 3 is 2.50 bits per heavy atom. The molecular formula is C25H27F3. The minimum absolute atomic E-state index is 0.167. The molecule has 1 fully saturated rings. The van der Waals surface area contributed by atoms with Gasteiger partial charge in [-0.3, -0.25) is 0 Å². The van der Waals surface area contributed by atoms with Crippen LogP contribution in [0.1, 0.15) is 67.6 Å². The van der Waals surface area contributed by atoms with Crippen molar-refractivity contribution in [1.29, 1.82) is 0 Å². The SMILES string of the molecule is CCCC=CC1CCC2c3cc(F)cc(F)c3CCC2C1c1ccc(F)cc1. The summed E-state index contributed by atoms with van der Waals surface area (Å²) in [6.45, 7) is 2.17. The summed E-state index contributed by atoms with van der Waals surface area (Å²) in [5.74, 6) is 0.0124. The first-order valence-electron chi connectivity index (χ1n) is 10.5. The van der Waals surface area contributed by atoms with Gasteiger partial charge in [-0.15, -0.1) is 0 Å². The summed E-state index contributed by atoms with van der Waals surface area (Å²) < 4.78 is 41.8. The van der Waals surface area contributed by atoms with E-state index in [9.17, 15) is 13.2 Å². The Morgan fingerprint density at radius 1 is 0.964 bits per heavy atom. The average molecular weight is 384 g/mol. The van der Waals surface area contributed by atoms with Crippen LogP contribution in [0.5, 0.6) is 0 Å². The van der Waals surface area contributed by atoms with Gasteiger partial charge in [0.15, 0.2) is 0 Å². The van der Waals surface area contributed by atoms with Crippen molar-refractivity contribution in [2.75, 3.05) is 0 Å². The molecule has 0 aliphatic heterocycles. The van der Waals surface area contributed by atoms with E-state index in [0.29, 0.717) is 23.8 Å². The Labute approximate surface area is 165 Å². The third-order valence-electron chi connectivity index (χ3n) is 6.67. The molecule has 0 radical (unpaired) electrons. The number of hydrogen-bond donors (Lipinski definition) is 0. The first-order chi connectivity index (χ1) is 13.6. The van der Waals surface area contributed by atoms with Crippen molar-refractivity contribution < 1.29 is 13.2 Å². The molecule has 4 rings (SSSR count). The molecule has 3 heteroatoms. The average Bonchev–Trinajstić information content (AvgIpc) is 2.68. The Balaban J connectivity index is 1.73. The summed E-state index contributed by atoms with van der Waals surface area (Å²) in [4.78, 5) is 0. The van der Waals surface area contributed by atoms with Gasteiger partial charge in [0.2, 0.25) is 0 Å². The maximum absolute atomic E-state index is 14.3. The van der Waals surface area contributed by atoms with Gasteiger partial charge in [-0.05, 0) is 90.7 Å². The summed E-state index contributed by atoms with van der Waals surface area (Å²) >= 11 is 0. The molecule has 2 aliphatic carbocycles. The predicted octanol–water partition coefficient (Wildman–Crippen LogP) is 7.30. The maximum Gasteiger partial charge on any atom is 0.129 e. The summed E-state index contributed by atoms with van der Waals surface area (Å²) in [5.41, 5.74) is 2.69. The van der Waals surface area contributed by atoms with Gasteiger partial charge in [0.25, 0.3) is 0 Å². The Morgan fingerprint density at radius 2 is 1.75 bits per heavy atom. The first-order valence-corrected chi connectivity index (χ1v) is 10.5. The van der Waals surface area contributed by atoms with Crippen LogP contribution < -0.4 is 0 Å². The summed E-state index contributed by atoms with van der Waals surface area (Å²) in [6, 6.07) is 9.40. The highest BCUT2D eigenvalue weighted by atomic mass is 19.1. The number of rotatable bonds is 4. The van der Waals surface area contributed by atoms with E-state index in [1.54, 1.807) is 6.07 Å². The number of hydrogen-bond acceptors (Lipinski definition) is 0. The molecule has 0 nitrogen and oxygen atoms in total. The maximum atomic E-state index is 14.3. The van der Waals surface area contributed by atoms with Crippen LogP contribution in [-0.4, -0.2) is 0 Å². The zero-order valence-corrected chi connectivity index (χ0v) is 16.3. The fraction of sp³-hybridized carbons (Fsp3) is 0.440. The van der Waals surface area contributed by atoms with Gasteiger partial charge in [-0.25, -0.2) is 13.2 Å². The molecule has 148 valence electrons. The molecule has 1 saturated carbocycles. The zero-order chi connectivity index (χ0) is 19.7. The van der Waals surface area contributed by atoms with Gasteiger partial charge in [-0.2, -0.15) is 0 Å². The van der Waals surface area contributed by atoms with E-state index in [2.05, 4.69) is 19.1 Å². The van der Waals surface area contributed by atoms with Crippen LogP contribution in [0.25, 0.3) is 0 Å². The topological polar surface area (TPSA) is 0 Å². The highest BCUT2D eigenvalue weighted by molar-refractivity contribution is 5.38. The molecule has 0 bridgehead atoms. The minimum Gasteiger partial charge on any atom is -0.207 e. The monoisotopic (exact) mass is 384 g/mol. The van der Waals surface area contributed by atoms with Crippen LogP contribution >= 0.6 is 0 Å². The van der Waals surface area contributed by atoms with Crippen molar-refractivity contribution in [3.63, 3.8) is 0 Å². The van der Waals surface area contributed by atoms with E-state index in [0.717, 1.165) is 49.3 Å². The van der Waals surface area contributed by atoms with E-state index in [1.807, 2.05) is 12.1 Å². The quantitative estimate of drug-likeness (QED) is 0.485. The molecule has 4 atom stereocenters. The standard InChI is InChI=1S/C25H27F3/c1-2-3-4-5-16-8-11-20-22(25(16)17-6-9-18(26)10-7-17)13-12-21-23(20)14-19(27)15-24(21)28/h4-7,9-10,14-16,20,22,25H,2-3,8,11-13H2,1H3. The van der Waals surface area contributed by atoms with E-state index < -0.39 is 11.6 Å². The first kappa shape index (κ1) is 19.3. The lowest BCUT2D eigenvalue weighted by Crippen LogP contribution is -2.35. The fourth-order valence-electron chi connectivity index (χ4n) is 5.46. The summed E-state index contributed by atoms with van der Waals surface area (Å²) in [5, 5.41) is 0. The van der Waals surface area contributed by atoms with Gasteiger partial charge in [0.05, 0.1) is 0 Å². The number of fused-ring (bicyclic) bond motifs is 3. The normalized spacial score (nSPS) is 26.9. The molecular weight excluding hydrogens is 357 g/mol. The van der Waals surface area contributed by atoms with E-state index in [1.165, 1.54) is 12.1 Å². The second-order valence-electron chi connectivity index (χ2n) is 8.30. The number of halogens is 3. The molecule has 28 heavy (non-hydrogen) atoms. The highest BCUT2D eigenvalue weighted by Gasteiger charge is 2.43. The number of unbranched alkanes of at least 4 members (excludes halogenated alkanes) is 1. The molecule has 2 aromatic carbocycles. The minimum atomic E-state index is -0.486. The Bertz CT molecular complexity index is 853. The van der Waals surface area contributed by atoms with Gasteiger partial charge in [0, 0.05) is 6.07 Å².